The fraction of sp³-hybridized carbons (Fsp3) is 0.583. The molecule has 0 saturated carbocycles. The van der Waals surface area contributed by atoms with Gasteiger partial charge in [-0.1, -0.05) is 0 Å². The Labute approximate surface area is 115 Å². The first-order valence-electron chi connectivity index (χ1n) is 6.22. The van der Waals surface area contributed by atoms with E-state index in [1.54, 1.807) is 0 Å². The van der Waals surface area contributed by atoms with Gasteiger partial charge < -0.3 is 15.7 Å². The summed E-state index contributed by atoms with van der Waals surface area (Å²) in [7, 11) is 0. The van der Waals surface area contributed by atoms with Gasteiger partial charge in [0, 0.05) is 18.3 Å². The van der Waals surface area contributed by atoms with Crippen molar-refractivity contribution in [3.05, 3.63) is 16.1 Å². The molecule has 7 heteroatoms. The van der Waals surface area contributed by atoms with Crippen molar-refractivity contribution in [3.63, 3.8) is 0 Å². The first-order chi connectivity index (χ1) is 9.01. The zero-order valence-electron chi connectivity index (χ0n) is 10.7. The van der Waals surface area contributed by atoms with Crippen molar-refractivity contribution < 1.29 is 14.7 Å². The standard InChI is InChI=1S/C12H17N3O3S/c1-12(4-2-5-14-12)11(18)13-6-3-9-15-8(7-19-9)10(16)17/h7,14H,2-6H2,1H3,(H,13,18)(H,16,17). The lowest BCUT2D eigenvalue weighted by Crippen LogP contribution is -2.51. The van der Waals surface area contributed by atoms with E-state index in [9.17, 15) is 9.59 Å². The SMILES string of the molecule is CC1(C(=O)NCCc2nc(C(=O)O)cs2)CCCN1. The van der Waals surface area contributed by atoms with Crippen LogP contribution in [0.4, 0.5) is 0 Å². The Hall–Kier alpha value is -1.47. The predicted molar refractivity (Wildman–Crippen MR) is 71.4 cm³/mol. The van der Waals surface area contributed by atoms with E-state index < -0.39 is 11.5 Å². The highest BCUT2D eigenvalue weighted by molar-refractivity contribution is 7.09. The summed E-state index contributed by atoms with van der Waals surface area (Å²) in [5, 5.41) is 17.1. The van der Waals surface area contributed by atoms with E-state index in [1.165, 1.54) is 16.7 Å². The molecule has 1 aromatic heterocycles. The molecule has 0 aliphatic carbocycles. The molecule has 1 saturated heterocycles. The number of nitrogens with zero attached hydrogens (tertiary/aromatic N) is 1. The highest BCUT2D eigenvalue weighted by atomic mass is 32.1. The minimum absolute atomic E-state index is 0.0000131. The first-order valence-corrected chi connectivity index (χ1v) is 7.10. The van der Waals surface area contributed by atoms with Gasteiger partial charge in [0.25, 0.3) is 0 Å². The van der Waals surface area contributed by atoms with Crippen LogP contribution in [0.2, 0.25) is 0 Å². The minimum atomic E-state index is -1.02. The van der Waals surface area contributed by atoms with E-state index in [0.717, 1.165) is 24.4 Å². The van der Waals surface area contributed by atoms with E-state index in [2.05, 4.69) is 15.6 Å². The Morgan fingerprint density at radius 3 is 3.00 bits per heavy atom. The fourth-order valence-corrected chi connectivity index (χ4v) is 2.86. The average Bonchev–Trinajstić information content (AvgIpc) is 2.99. The molecular formula is C12H17N3O3S. The van der Waals surface area contributed by atoms with Gasteiger partial charge in [0.1, 0.15) is 0 Å². The number of carboxylic acids is 1. The second-order valence-corrected chi connectivity index (χ2v) is 5.74. The number of carbonyl (C=O) groups excluding carboxylic acids is 1. The molecule has 0 radical (unpaired) electrons. The van der Waals surface area contributed by atoms with E-state index in [4.69, 9.17) is 5.11 Å². The topological polar surface area (TPSA) is 91.3 Å². The summed E-state index contributed by atoms with van der Waals surface area (Å²) in [6.07, 6.45) is 2.41. The van der Waals surface area contributed by atoms with Crippen LogP contribution >= 0.6 is 11.3 Å². The molecular weight excluding hydrogens is 266 g/mol. The van der Waals surface area contributed by atoms with Gasteiger partial charge in [-0.25, -0.2) is 9.78 Å². The molecule has 0 bridgehead atoms. The van der Waals surface area contributed by atoms with Crippen molar-refractivity contribution in [1.82, 2.24) is 15.6 Å². The first kappa shape index (κ1) is 14.0. The van der Waals surface area contributed by atoms with Gasteiger partial charge in [-0.2, -0.15) is 0 Å². The molecule has 1 atom stereocenters. The molecule has 0 spiro atoms. The summed E-state index contributed by atoms with van der Waals surface area (Å²) in [6, 6.07) is 0. The number of carboxylic acid groups (broad SMARTS) is 1. The second kappa shape index (κ2) is 5.66. The summed E-state index contributed by atoms with van der Waals surface area (Å²) in [5.74, 6) is -1.02. The van der Waals surface area contributed by atoms with E-state index >= 15 is 0 Å². The molecule has 1 aliphatic heterocycles. The molecule has 2 heterocycles. The summed E-state index contributed by atoms with van der Waals surface area (Å²) < 4.78 is 0. The lowest BCUT2D eigenvalue weighted by molar-refractivity contribution is -0.126. The molecule has 3 N–H and O–H groups in total. The van der Waals surface area contributed by atoms with E-state index in [-0.39, 0.29) is 11.6 Å². The van der Waals surface area contributed by atoms with Gasteiger partial charge in [0.15, 0.2) is 5.69 Å². The van der Waals surface area contributed by atoms with Crippen LogP contribution in [0.5, 0.6) is 0 Å². The van der Waals surface area contributed by atoms with Crippen molar-refractivity contribution in [2.75, 3.05) is 13.1 Å². The Kier molecular flexibility index (Phi) is 4.16. The molecule has 1 aromatic rings. The van der Waals surface area contributed by atoms with Crippen LogP contribution in [0.3, 0.4) is 0 Å². The third-order valence-corrected chi connectivity index (χ3v) is 4.17. The minimum Gasteiger partial charge on any atom is -0.476 e. The number of aromatic carboxylic acids is 1. The lowest BCUT2D eigenvalue weighted by Gasteiger charge is -2.22. The quantitative estimate of drug-likeness (QED) is 0.737. The Morgan fingerprint density at radius 1 is 1.63 bits per heavy atom. The number of hydrogen-bond acceptors (Lipinski definition) is 5. The van der Waals surface area contributed by atoms with Crippen LogP contribution in [-0.4, -0.2) is 40.6 Å². The molecule has 104 valence electrons. The van der Waals surface area contributed by atoms with Gasteiger partial charge in [-0.3, -0.25) is 4.79 Å². The second-order valence-electron chi connectivity index (χ2n) is 4.80. The molecule has 1 amide bonds. The maximum Gasteiger partial charge on any atom is 0.355 e. The van der Waals surface area contributed by atoms with Crippen LogP contribution < -0.4 is 10.6 Å². The van der Waals surface area contributed by atoms with E-state index in [0.29, 0.717) is 13.0 Å². The van der Waals surface area contributed by atoms with Crippen molar-refractivity contribution in [2.24, 2.45) is 0 Å². The molecule has 6 nitrogen and oxygen atoms in total. The highest BCUT2D eigenvalue weighted by Gasteiger charge is 2.35. The maximum atomic E-state index is 12.0. The van der Waals surface area contributed by atoms with Crippen molar-refractivity contribution in [3.8, 4) is 0 Å². The molecule has 1 fully saturated rings. The lowest BCUT2D eigenvalue weighted by atomic mass is 9.99. The molecule has 2 rings (SSSR count). The van der Waals surface area contributed by atoms with Crippen LogP contribution in [0.25, 0.3) is 0 Å². The molecule has 0 aromatic carbocycles. The number of aromatic nitrogens is 1. The normalized spacial score (nSPS) is 22.4. The third-order valence-electron chi connectivity index (χ3n) is 3.27. The Balaban J connectivity index is 1.79. The van der Waals surface area contributed by atoms with Crippen molar-refractivity contribution in [1.29, 1.82) is 0 Å². The Bertz CT molecular complexity index is 480. The van der Waals surface area contributed by atoms with Gasteiger partial charge in [0.05, 0.1) is 10.5 Å². The number of rotatable bonds is 5. The number of thiazole rings is 1. The van der Waals surface area contributed by atoms with Gasteiger partial charge in [0.2, 0.25) is 5.91 Å². The molecule has 1 unspecified atom stereocenters. The zero-order valence-corrected chi connectivity index (χ0v) is 11.5. The summed E-state index contributed by atoms with van der Waals surface area (Å²) >= 11 is 1.30. The fourth-order valence-electron chi connectivity index (χ4n) is 2.09. The van der Waals surface area contributed by atoms with Crippen LogP contribution in [0.1, 0.15) is 35.3 Å². The number of amides is 1. The smallest absolute Gasteiger partial charge is 0.355 e. The van der Waals surface area contributed by atoms with Gasteiger partial charge >= 0.3 is 5.97 Å². The number of hydrogen-bond donors (Lipinski definition) is 3. The van der Waals surface area contributed by atoms with Crippen molar-refractivity contribution in [2.45, 2.75) is 31.7 Å². The summed E-state index contributed by atoms with van der Waals surface area (Å²) in [5.41, 5.74) is -0.398. The predicted octanol–water partition coefficient (Wildman–Crippen LogP) is 0.642. The molecule has 19 heavy (non-hydrogen) atoms. The van der Waals surface area contributed by atoms with Gasteiger partial charge in [-0.15, -0.1) is 11.3 Å². The highest BCUT2D eigenvalue weighted by Crippen LogP contribution is 2.18. The zero-order chi connectivity index (χ0) is 13.9. The summed E-state index contributed by atoms with van der Waals surface area (Å²) in [4.78, 5) is 26.6. The summed E-state index contributed by atoms with van der Waals surface area (Å²) in [6.45, 7) is 3.25. The third kappa shape index (κ3) is 3.30. The largest absolute Gasteiger partial charge is 0.476 e. The van der Waals surface area contributed by atoms with Crippen LogP contribution in [0.15, 0.2) is 5.38 Å². The number of carbonyl (C=O) groups is 2. The monoisotopic (exact) mass is 283 g/mol. The maximum absolute atomic E-state index is 12.0. The van der Waals surface area contributed by atoms with Crippen LogP contribution in [0, 0.1) is 0 Å². The molecule has 1 aliphatic rings. The van der Waals surface area contributed by atoms with Crippen LogP contribution in [-0.2, 0) is 11.2 Å². The Morgan fingerprint density at radius 2 is 2.42 bits per heavy atom. The number of nitrogens with one attached hydrogen (secondary N) is 2. The average molecular weight is 283 g/mol. The van der Waals surface area contributed by atoms with Crippen molar-refractivity contribution >= 4 is 23.2 Å². The van der Waals surface area contributed by atoms with Gasteiger partial charge in [-0.05, 0) is 26.3 Å². The van der Waals surface area contributed by atoms with E-state index in [1.807, 2.05) is 6.92 Å².